The highest BCUT2D eigenvalue weighted by Gasteiger charge is 2.11. The minimum atomic E-state index is -0.169. The van der Waals surface area contributed by atoms with Gasteiger partial charge in [-0.2, -0.15) is 0 Å². The number of aromatic nitrogens is 3. The highest BCUT2D eigenvalue weighted by atomic mass is 16.1. The first-order valence-corrected chi connectivity index (χ1v) is 6.65. The average molecular weight is 273 g/mol. The second kappa shape index (κ2) is 6.70. The van der Waals surface area contributed by atoms with Gasteiger partial charge in [-0.25, -0.2) is 4.98 Å². The average Bonchev–Trinajstić information content (AvgIpc) is 2.92. The lowest BCUT2D eigenvalue weighted by atomic mass is 10.2. The van der Waals surface area contributed by atoms with Crippen molar-refractivity contribution in [3.8, 4) is 0 Å². The van der Waals surface area contributed by atoms with Crippen molar-refractivity contribution in [1.82, 2.24) is 19.9 Å². The number of amides is 1. The van der Waals surface area contributed by atoms with E-state index >= 15 is 0 Å². The first-order valence-electron chi connectivity index (χ1n) is 6.65. The predicted molar refractivity (Wildman–Crippen MR) is 77.6 cm³/mol. The molecule has 2 heterocycles. The fourth-order valence-corrected chi connectivity index (χ4v) is 1.92. The summed E-state index contributed by atoms with van der Waals surface area (Å²) in [6.07, 6.45) is 6.95. The van der Waals surface area contributed by atoms with Gasteiger partial charge in [0.05, 0.1) is 6.33 Å². The number of pyridine rings is 1. The van der Waals surface area contributed by atoms with Crippen molar-refractivity contribution in [3.63, 3.8) is 0 Å². The summed E-state index contributed by atoms with van der Waals surface area (Å²) in [4.78, 5) is 20.2. The molecule has 106 valence electrons. The molecule has 2 aromatic rings. The van der Waals surface area contributed by atoms with E-state index < -0.39 is 0 Å². The van der Waals surface area contributed by atoms with E-state index in [1.165, 1.54) is 0 Å². The van der Waals surface area contributed by atoms with Gasteiger partial charge in [-0.15, -0.1) is 0 Å². The van der Waals surface area contributed by atoms with E-state index in [9.17, 15) is 4.79 Å². The van der Waals surface area contributed by atoms with Crippen molar-refractivity contribution >= 4 is 11.6 Å². The van der Waals surface area contributed by atoms with Gasteiger partial charge in [-0.05, 0) is 26.0 Å². The molecule has 1 unspecified atom stereocenters. The zero-order valence-electron chi connectivity index (χ0n) is 11.7. The van der Waals surface area contributed by atoms with Gasteiger partial charge in [-0.1, -0.05) is 0 Å². The molecule has 0 aromatic carbocycles. The van der Waals surface area contributed by atoms with Gasteiger partial charge in [0.25, 0.3) is 5.91 Å². The summed E-state index contributed by atoms with van der Waals surface area (Å²) < 4.78 is 1.92. The highest BCUT2D eigenvalue weighted by Crippen LogP contribution is 2.07. The molecule has 2 aromatic heterocycles. The second-order valence-corrected chi connectivity index (χ2v) is 4.59. The Morgan fingerprint density at radius 2 is 2.30 bits per heavy atom. The normalized spacial score (nSPS) is 11.9. The Balaban J connectivity index is 1.95. The number of hydrogen-bond donors (Lipinski definition) is 2. The number of nitrogens with one attached hydrogen (secondary N) is 2. The Bertz CT molecular complexity index is 552. The van der Waals surface area contributed by atoms with Gasteiger partial charge in [-0.3, -0.25) is 9.78 Å². The molecule has 0 spiro atoms. The maximum Gasteiger partial charge on any atom is 0.270 e. The van der Waals surface area contributed by atoms with E-state index in [2.05, 4.69) is 20.6 Å². The van der Waals surface area contributed by atoms with E-state index in [-0.39, 0.29) is 11.9 Å². The smallest absolute Gasteiger partial charge is 0.270 e. The van der Waals surface area contributed by atoms with Crippen LogP contribution in [0.1, 0.15) is 24.3 Å². The van der Waals surface area contributed by atoms with E-state index in [4.69, 9.17) is 0 Å². The topological polar surface area (TPSA) is 71.8 Å². The van der Waals surface area contributed by atoms with Gasteiger partial charge in [0.2, 0.25) is 0 Å². The number of carbonyl (C=O) groups is 1. The molecule has 1 atom stereocenters. The first kappa shape index (κ1) is 14.0. The van der Waals surface area contributed by atoms with Gasteiger partial charge < -0.3 is 15.2 Å². The first-order chi connectivity index (χ1) is 9.69. The van der Waals surface area contributed by atoms with Crippen LogP contribution in [0.25, 0.3) is 0 Å². The predicted octanol–water partition coefficient (Wildman–Crippen LogP) is 1.53. The number of anilines is 1. The number of nitrogens with zero attached hydrogens (tertiary/aromatic N) is 3. The minimum absolute atomic E-state index is 0.00119. The third-order valence-electron chi connectivity index (χ3n) is 2.79. The molecule has 0 fully saturated rings. The zero-order valence-corrected chi connectivity index (χ0v) is 11.7. The van der Waals surface area contributed by atoms with Crippen LogP contribution < -0.4 is 10.6 Å². The molecule has 1 amide bonds. The van der Waals surface area contributed by atoms with Crippen LogP contribution in [-0.2, 0) is 6.54 Å². The lowest BCUT2D eigenvalue weighted by molar-refractivity contribution is 0.0931. The fourth-order valence-electron chi connectivity index (χ4n) is 1.92. The fraction of sp³-hybridized carbons (Fsp3) is 0.357. The summed E-state index contributed by atoms with van der Waals surface area (Å²) >= 11 is 0. The standard InChI is InChI=1S/C14H19N5O/c1-3-16-12-4-5-17-13(8-12)14(20)18-11(2)9-19-7-6-15-10-19/h4-8,10-11H,3,9H2,1-2H3,(H,16,17)(H,18,20). The van der Waals surface area contributed by atoms with Gasteiger partial charge in [0, 0.05) is 43.4 Å². The molecule has 0 saturated heterocycles. The SMILES string of the molecule is CCNc1ccnc(C(=O)NC(C)Cn2ccnc2)c1. The summed E-state index contributed by atoms with van der Waals surface area (Å²) in [5.41, 5.74) is 1.32. The molecule has 2 rings (SSSR count). The van der Waals surface area contributed by atoms with Crippen molar-refractivity contribution in [2.75, 3.05) is 11.9 Å². The Hall–Kier alpha value is -2.37. The molecule has 0 bridgehead atoms. The summed E-state index contributed by atoms with van der Waals surface area (Å²) in [6, 6.07) is 3.60. The van der Waals surface area contributed by atoms with Crippen LogP contribution in [-0.4, -0.2) is 33.0 Å². The van der Waals surface area contributed by atoms with Crippen LogP contribution in [0.2, 0.25) is 0 Å². The van der Waals surface area contributed by atoms with E-state index in [0.29, 0.717) is 12.2 Å². The quantitative estimate of drug-likeness (QED) is 0.837. The van der Waals surface area contributed by atoms with Crippen LogP contribution in [0.5, 0.6) is 0 Å². The second-order valence-electron chi connectivity index (χ2n) is 4.59. The van der Waals surface area contributed by atoms with Gasteiger partial charge >= 0.3 is 0 Å². The number of rotatable bonds is 6. The molecular formula is C14H19N5O. The number of carbonyl (C=O) groups excluding carboxylic acids is 1. The Morgan fingerprint density at radius 1 is 1.45 bits per heavy atom. The van der Waals surface area contributed by atoms with Crippen molar-refractivity contribution in [2.24, 2.45) is 0 Å². The highest BCUT2D eigenvalue weighted by molar-refractivity contribution is 5.93. The van der Waals surface area contributed by atoms with Gasteiger partial charge in [0.15, 0.2) is 0 Å². The van der Waals surface area contributed by atoms with Crippen LogP contribution in [0.3, 0.4) is 0 Å². The van der Waals surface area contributed by atoms with Crippen molar-refractivity contribution in [1.29, 1.82) is 0 Å². The van der Waals surface area contributed by atoms with Crippen molar-refractivity contribution < 1.29 is 4.79 Å². The zero-order chi connectivity index (χ0) is 14.4. The summed E-state index contributed by atoms with van der Waals surface area (Å²) in [7, 11) is 0. The Kier molecular flexibility index (Phi) is 4.70. The maximum atomic E-state index is 12.1. The summed E-state index contributed by atoms with van der Waals surface area (Å²) in [6.45, 7) is 5.44. The molecule has 0 saturated carbocycles. The number of hydrogen-bond acceptors (Lipinski definition) is 4. The third-order valence-corrected chi connectivity index (χ3v) is 2.79. The monoisotopic (exact) mass is 273 g/mol. The van der Waals surface area contributed by atoms with Gasteiger partial charge in [0.1, 0.15) is 5.69 Å². The molecule has 0 radical (unpaired) electrons. The minimum Gasteiger partial charge on any atom is -0.385 e. The Morgan fingerprint density at radius 3 is 3.00 bits per heavy atom. The van der Waals surface area contributed by atoms with Crippen LogP contribution in [0, 0.1) is 0 Å². The van der Waals surface area contributed by atoms with E-state index in [1.54, 1.807) is 24.8 Å². The van der Waals surface area contributed by atoms with Crippen LogP contribution in [0.15, 0.2) is 37.1 Å². The largest absolute Gasteiger partial charge is 0.385 e. The summed E-state index contributed by atoms with van der Waals surface area (Å²) in [5.74, 6) is -0.169. The van der Waals surface area contributed by atoms with E-state index in [1.807, 2.05) is 30.7 Å². The summed E-state index contributed by atoms with van der Waals surface area (Å²) in [5, 5.41) is 6.09. The molecule has 0 aliphatic heterocycles. The maximum absolute atomic E-state index is 12.1. The third kappa shape index (κ3) is 3.81. The lowest BCUT2D eigenvalue weighted by Crippen LogP contribution is -2.35. The molecule has 20 heavy (non-hydrogen) atoms. The molecule has 0 aliphatic rings. The molecule has 2 N–H and O–H groups in total. The van der Waals surface area contributed by atoms with Crippen molar-refractivity contribution in [3.05, 3.63) is 42.7 Å². The molecule has 6 heteroatoms. The van der Waals surface area contributed by atoms with E-state index in [0.717, 1.165) is 12.2 Å². The molecule has 6 nitrogen and oxygen atoms in total. The van der Waals surface area contributed by atoms with Crippen LogP contribution >= 0.6 is 0 Å². The number of imidazole rings is 1. The van der Waals surface area contributed by atoms with Crippen molar-refractivity contribution in [2.45, 2.75) is 26.4 Å². The van der Waals surface area contributed by atoms with Crippen LogP contribution in [0.4, 0.5) is 5.69 Å². The lowest BCUT2D eigenvalue weighted by Gasteiger charge is -2.14. The molecule has 0 aliphatic carbocycles. The Labute approximate surface area is 118 Å². The molecular weight excluding hydrogens is 254 g/mol.